The minimum absolute atomic E-state index is 0.180. The summed E-state index contributed by atoms with van der Waals surface area (Å²) in [5.41, 5.74) is 6.06. The molecule has 21 heavy (non-hydrogen) atoms. The van der Waals surface area contributed by atoms with Crippen LogP contribution < -0.4 is 10.5 Å². The van der Waals surface area contributed by atoms with Gasteiger partial charge in [0.25, 0.3) is 10.0 Å². The minimum atomic E-state index is -4.29. The van der Waals surface area contributed by atoms with Crippen LogP contribution in [0.25, 0.3) is 0 Å². The van der Waals surface area contributed by atoms with Crippen molar-refractivity contribution in [1.29, 1.82) is 0 Å². The van der Waals surface area contributed by atoms with Crippen molar-refractivity contribution < 1.29 is 17.2 Å². The zero-order chi connectivity index (χ0) is 15.8. The van der Waals surface area contributed by atoms with Crippen LogP contribution in [0.3, 0.4) is 0 Å². The number of nitrogens with two attached hydrogens (primary N) is 1. The lowest BCUT2D eigenvalue weighted by molar-refractivity contribution is 0.486. The van der Waals surface area contributed by atoms with Gasteiger partial charge in [-0.15, -0.1) is 0 Å². The largest absolute Gasteiger partial charge is 0.399 e. The van der Waals surface area contributed by atoms with E-state index in [1.165, 1.54) is 6.07 Å². The normalized spacial score (nSPS) is 11.4. The highest BCUT2D eigenvalue weighted by Gasteiger charge is 2.23. The van der Waals surface area contributed by atoms with Gasteiger partial charge in [-0.3, -0.25) is 4.72 Å². The van der Waals surface area contributed by atoms with Crippen LogP contribution in [0, 0.1) is 18.6 Å². The maximum Gasteiger partial charge on any atom is 0.265 e. The number of hydrogen-bond donors (Lipinski definition) is 2. The van der Waals surface area contributed by atoms with Crippen LogP contribution in [0.15, 0.2) is 39.7 Å². The molecule has 0 radical (unpaired) electrons. The van der Waals surface area contributed by atoms with Gasteiger partial charge >= 0.3 is 0 Å². The second kappa shape index (κ2) is 5.61. The third-order valence-electron chi connectivity index (χ3n) is 2.82. The molecule has 112 valence electrons. The van der Waals surface area contributed by atoms with Crippen LogP contribution in [0.1, 0.15) is 5.56 Å². The summed E-state index contributed by atoms with van der Waals surface area (Å²) in [7, 11) is -4.29. The molecule has 2 aromatic rings. The second-order valence-electron chi connectivity index (χ2n) is 4.33. The molecule has 4 nitrogen and oxygen atoms in total. The summed E-state index contributed by atoms with van der Waals surface area (Å²) in [4.78, 5) is -0.834. The summed E-state index contributed by atoms with van der Waals surface area (Å²) in [6, 6.07) is 6.45. The molecule has 0 fully saturated rings. The van der Waals surface area contributed by atoms with Gasteiger partial charge in [0.2, 0.25) is 0 Å². The molecule has 0 atom stereocenters. The molecule has 8 heteroatoms. The standard InChI is InChI=1S/C13H11BrF2N2O2S/c1-7-9(14)3-2-4-11(7)18-21(19,20)12-6-8(17)5-10(15)13(12)16/h2-6,18H,17H2,1H3. The average molecular weight is 377 g/mol. The summed E-state index contributed by atoms with van der Waals surface area (Å²) in [5, 5.41) is 0. The van der Waals surface area contributed by atoms with E-state index >= 15 is 0 Å². The van der Waals surface area contributed by atoms with Gasteiger partial charge in [-0.2, -0.15) is 0 Å². The van der Waals surface area contributed by atoms with Crippen LogP contribution in [-0.4, -0.2) is 8.42 Å². The van der Waals surface area contributed by atoms with Crippen LogP contribution in [-0.2, 0) is 10.0 Å². The average Bonchev–Trinajstić information content (AvgIpc) is 2.39. The van der Waals surface area contributed by atoms with Crippen molar-refractivity contribution in [3.05, 3.63) is 52.0 Å². The predicted molar refractivity (Wildman–Crippen MR) is 80.5 cm³/mol. The Hall–Kier alpha value is -1.67. The first-order chi connectivity index (χ1) is 9.72. The lowest BCUT2D eigenvalue weighted by atomic mass is 10.2. The van der Waals surface area contributed by atoms with Crippen molar-refractivity contribution in [2.24, 2.45) is 0 Å². The van der Waals surface area contributed by atoms with Gasteiger partial charge in [-0.05, 0) is 36.8 Å². The summed E-state index contributed by atoms with van der Waals surface area (Å²) >= 11 is 3.26. The molecule has 2 aromatic carbocycles. The fourth-order valence-corrected chi connectivity index (χ4v) is 3.31. The van der Waals surface area contributed by atoms with Crippen molar-refractivity contribution in [3.63, 3.8) is 0 Å². The fourth-order valence-electron chi connectivity index (χ4n) is 1.70. The molecule has 0 bridgehead atoms. The Balaban J connectivity index is 2.51. The maximum atomic E-state index is 13.7. The Bertz CT molecular complexity index is 810. The molecule has 0 heterocycles. The third-order valence-corrected chi connectivity index (χ3v) is 5.04. The number of anilines is 2. The van der Waals surface area contributed by atoms with Gasteiger partial charge in [-0.1, -0.05) is 22.0 Å². The van der Waals surface area contributed by atoms with E-state index in [9.17, 15) is 17.2 Å². The zero-order valence-corrected chi connectivity index (χ0v) is 13.2. The number of sulfonamides is 1. The Morgan fingerprint density at radius 2 is 1.90 bits per heavy atom. The minimum Gasteiger partial charge on any atom is -0.399 e. The van der Waals surface area contributed by atoms with Crippen LogP contribution in [0.5, 0.6) is 0 Å². The molecular weight excluding hydrogens is 366 g/mol. The van der Waals surface area contributed by atoms with Crippen molar-refractivity contribution >= 4 is 37.3 Å². The first-order valence-electron chi connectivity index (χ1n) is 5.75. The smallest absolute Gasteiger partial charge is 0.265 e. The topological polar surface area (TPSA) is 72.2 Å². The number of rotatable bonds is 3. The molecule has 0 spiro atoms. The first kappa shape index (κ1) is 15.7. The number of nitrogen functional groups attached to an aromatic ring is 1. The fraction of sp³-hybridized carbons (Fsp3) is 0.0769. The van der Waals surface area contributed by atoms with E-state index in [-0.39, 0.29) is 11.4 Å². The van der Waals surface area contributed by atoms with E-state index in [4.69, 9.17) is 5.73 Å². The van der Waals surface area contributed by atoms with Gasteiger partial charge in [0.15, 0.2) is 11.6 Å². The van der Waals surface area contributed by atoms with Crippen LogP contribution >= 0.6 is 15.9 Å². The summed E-state index contributed by atoms with van der Waals surface area (Å²) in [5.74, 6) is -2.79. The van der Waals surface area contributed by atoms with Gasteiger partial charge < -0.3 is 5.73 Å². The van der Waals surface area contributed by atoms with Gasteiger partial charge in [0.05, 0.1) is 5.69 Å². The highest BCUT2D eigenvalue weighted by atomic mass is 79.9. The molecule has 0 aliphatic heterocycles. The van der Waals surface area contributed by atoms with E-state index in [1.807, 2.05) is 0 Å². The van der Waals surface area contributed by atoms with E-state index in [1.54, 1.807) is 19.1 Å². The molecular formula is C13H11BrF2N2O2S. The van der Waals surface area contributed by atoms with Gasteiger partial charge in [0, 0.05) is 10.2 Å². The van der Waals surface area contributed by atoms with Crippen LogP contribution in [0.4, 0.5) is 20.2 Å². The van der Waals surface area contributed by atoms with Crippen molar-refractivity contribution in [2.75, 3.05) is 10.5 Å². The molecule has 0 aromatic heterocycles. The van der Waals surface area contributed by atoms with E-state index in [0.29, 0.717) is 10.0 Å². The maximum absolute atomic E-state index is 13.7. The third kappa shape index (κ3) is 3.16. The van der Waals surface area contributed by atoms with E-state index in [2.05, 4.69) is 20.7 Å². The predicted octanol–water partition coefficient (Wildman–Crippen LogP) is 3.42. The van der Waals surface area contributed by atoms with Crippen LogP contribution in [0.2, 0.25) is 0 Å². The first-order valence-corrected chi connectivity index (χ1v) is 8.02. The van der Waals surface area contributed by atoms with Crippen molar-refractivity contribution in [1.82, 2.24) is 0 Å². The Morgan fingerprint density at radius 1 is 1.24 bits per heavy atom. The van der Waals surface area contributed by atoms with E-state index in [0.717, 1.165) is 12.1 Å². The summed E-state index contributed by atoms with van der Waals surface area (Å²) in [6.45, 7) is 1.68. The molecule has 2 rings (SSSR count). The molecule has 0 aliphatic rings. The second-order valence-corrected chi connectivity index (χ2v) is 6.84. The number of nitrogens with one attached hydrogen (secondary N) is 1. The van der Waals surface area contributed by atoms with Crippen molar-refractivity contribution in [3.8, 4) is 0 Å². The monoisotopic (exact) mass is 376 g/mol. The lowest BCUT2D eigenvalue weighted by Crippen LogP contribution is -2.16. The SMILES string of the molecule is Cc1c(Br)cccc1NS(=O)(=O)c1cc(N)cc(F)c1F. The lowest BCUT2D eigenvalue weighted by Gasteiger charge is -2.12. The van der Waals surface area contributed by atoms with E-state index < -0.39 is 26.6 Å². The Labute approximate surface area is 129 Å². The molecule has 0 saturated carbocycles. The zero-order valence-electron chi connectivity index (χ0n) is 10.8. The van der Waals surface area contributed by atoms with Crippen molar-refractivity contribution in [2.45, 2.75) is 11.8 Å². The van der Waals surface area contributed by atoms with Gasteiger partial charge in [0.1, 0.15) is 4.90 Å². The number of halogens is 3. The number of hydrogen-bond acceptors (Lipinski definition) is 3. The quantitative estimate of drug-likeness (QED) is 0.806. The summed E-state index contributed by atoms with van der Waals surface area (Å²) in [6.07, 6.45) is 0. The molecule has 0 saturated heterocycles. The number of benzene rings is 2. The molecule has 0 amide bonds. The molecule has 0 aliphatic carbocycles. The highest BCUT2D eigenvalue weighted by molar-refractivity contribution is 9.10. The molecule has 0 unspecified atom stereocenters. The summed E-state index contributed by atoms with van der Waals surface area (Å²) < 4.78 is 54.3. The Morgan fingerprint density at radius 3 is 2.57 bits per heavy atom. The van der Waals surface area contributed by atoms with Gasteiger partial charge in [-0.25, -0.2) is 17.2 Å². The highest BCUT2D eigenvalue weighted by Crippen LogP contribution is 2.27. The Kier molecular flexibility index (Phi) is 4.20. The molecule has 3 N–H and O–H groups in total.